The molecule has 2 aromatic carbocycles. The van der Waals surface area contributed by atoms with Crippen LogP contribution in [0.3, 0.4) is 0 Å². The minimum Gasteiger partial charge on any atom is -0.382 e. The van der Waals surface area contributed by atoms with E-state index in [0.717, 1.165) is 27.7 Å². The molecule has 0 saturated heterocycles. The fraction of sp³-hybridized carbons (Fsp3) is 0.118. The maximum atomic E-state index is 6.12. The molecule has 3 aromatic rings. The van der Waals surface area contributed by atoms with Crippen LogP contribution in [0.2, 0.25) is 0 Å². The second-order valence-corrected chi connectivity index (χ2v) is 6.19. The van der Waals surface area contributed by atoms with E-state index < -0.39 is 0 Å². The van der Waals surface area contributed by atoms with Crippen molar-refractivity contribution in [2.45, 2.75) is 12.3 Å². The minimum atomic E-state index is 0.355. The minimum absolute atomic E-state index is 0.355. The topological polar surface area (TPSA) is 54.7 Å². The first-order valence-corrected chi connectivity index (χ1v) is 7.71. The third kappa shape index (κ3) is 1.90. The lowest BCUT2D eigenvalue weighted by Gasteiger charge is -2.30. The van der Waals surface area contributed by atoms with Gasteiger partial charge in [-0.15, -0.1) is 0 Å². The summed E-state index contributed by atoms with van der Waals surface area (Å²) >= 11 is 3.61. The highest BCUT2D eigenvalue weighted by Gasteiger charge is 2.31. The van der Waals surface area contributed by atoms with E-state index in [2.05, 4.69) is 56.5 Å². The van der Waals surface area contributed by atoms with E-state index in [9.17, 15) is 0 Å². The van der Waals surface area contributed by atoms with Gasteiger partial charge in [0.1, 0.15) is 0 Å². The first kappa shape index (κ1) is 12.7. The van der Waals surface area contributed by atoms with Gasteiger partial charge in [0.25, 0.3) is 0 Å². The number of nitrogen functional groups attached to an aromatic ring is 1. The number of rotatable bonds is 2. The molecule has 1 aliphatic carbocycles. The Bertz CT molecular complexity index is 822. The molecule has 1 atom stereocenters. The van der Waals surface area contributed by atoms with Gasteiger partial charge in [-0.25, -0.2) is 0 Å². The molecule has 0 spiro atoms. The van der Waals surface area contributed by atoms with Gasteiger partial charge in [-0.1, -0.05) is 58.4 Å². The second-order valence-electron chi connectivity index (χ2n) is 5.33. The molecule has 21 heavy (non-hydrogen) atoms. The maximum absolute atomic E-state index is 6.12. The Morgan fingerprint density at radius 1 is 1.10 bits per heavy atom. The van der Waals surface area contributed by atoms with Gasteiger partial charge in [0.05, 0.1) is 5.69 Å². The predicted molar refractivity (Wildman–Crippen MR) is 88.1 cm³/mol. The summed E-state index contributed by atoms with van der Waals surface area (Å²) in [5.41, 5.74) is 12.1. The number of H-pyrrole nitrogens is 1. The number of benzene rings is 2. The number of aromatic amines is 1. The van der Waals surface area contributed by atoms with Gasteiger partial charge in [0, 0.05) is 21.5 Å². The van der Waals surface area contributed by atoms with Crippen molar-refractivity contribution in [1.82, 2.24) is 10.2 Å². The van der Waals surface area contributed by atoms with Crippen molar-refractivity contribution in [3.05, 3.63) is 69.8 Å². The summed E-state index contributed by atoms with van der Waals surface area (Å²) in [4.78, 5) is 0. The highest BCUT2D eigenvalue weighted by molar-refractivity contribution is 9.10. The van der Waals surface area contributed by atoms with E-state index in [1.807, 2.05) is 18.2 Å². The summed E-state index contributed by atoms with van der Waals surface area (Å²) in [5, 5.41) is 7.39. The lowest BCUT2D eigenvalue weighted by molar-refractivity contribution is 0.683. The van der Waals surface area contributed by atoms with Crippen LogP contribution in [0.4, 0.5) is 5.82 Å². The van der Waals surface area contributed by atoms with E-state index in [4.69, 9.17) is 5.73 Å². The molecule has 0 radical (unpaired) electrons. The molecule has 1 unspecified atom stereocenters. The Labute approximate surface area is 131 Å². The molecular weight excluding hydrogens is 326 g/mol. The molecule has 3 nitrogen and oxygen atoms in total. The van der Waals surface area contributed by atoms with Crippen LogP contribution in [0.5, 0.6) is 0 Å². The van der Waals surface area contributed by atoms with Crippen LogP contribution >= 0.6 is 15.9 Å². The summed E-state index contributed by atoms with van der Waals surface area (Å²) < 4.78 is 1.03. The Hall–Kier alpha value is -2.07. The molecule has 0 fully saturated rings. The summed E-state index contributed by atoms with van der Waals surface area (Å²) in [6.07, 6.45) is 1.04. The number of anilines is 1. The Morgan fingerprint density at radius 3 is 2.67 bits per heavy atom. The highest BCUT2D eigenvalue weighted by Crippen LogP contribution is 2.45. The van der Waals surface area contributed by atoms with Crippen LogP contribution in [-0.2, 0) is 6.42 Å². The molecule has 0 amide bonds. The summed E-state index contributed by atoms with van der Waals surface area (Å²) in [6.45, 7) is 0. The van der Waals surface area contributed by atoms with Gasteiger partial charge in [-0.2, -0.15) is 5.10 Å². The zero-order valence-electron chi connectivity index (χ0n) is 11.3. The van der Waals surface area contributed by atoms with Gasteiger partial charge in [-0.3, -0.25) is 5.10 Å². The van der Waals surface area contributed by atoms with Crippen molar-refractivity contribution >= 4 is 21.7 Å². The molecular formula is C17H14BrN3. The van der Waals surface area contributed by atoms with E-state index in [-0.39, 0.29) is 0 Å². The molecule has 4 rings (SSSR count). The fourth-order valence-corrected chi connectivity index (χ4v) is 3.57. The molecule has 0 bridgehead atoms. The molecule has 1 heterocycles. The van der Waals surface area contributed by atoms with Crippen LogP contribution in [0.25, 0.3) is 11.1 Å². The standard InChI is InChI=1S/C17H14BrN3/c18-14-8-4-3-7-12(14)15-16(20-21-17(15)19)13-9-10-5-1-2-6-11(10)13/h1-8,13H,9H2,(H3,19,20,21). The normalized spacial score (nSPS) is 16.3. The molecule has 104 valence electrons. The number of aromatic nitrogens is 2. The van der Waals surface area contributed by atoms with Crippen molar-refractivity contribution in [1.29, 1.82) is 0 Å². The number of nitrogens with zero attached hydrogens (tertiary/aromatic N) is 1. The Kier molecular flexibility index (Phi) is 2.86. The van der Waals surface area contributed by atoms with Crippen LogP contribution in [-0.4, -0.2) is 10.2 Å². The van der Waals surface area contributed by atoms with E-state index in [1.165, 1.54) is 11.1 Å². The van der Waals surface area contributed by atoms with Gasteiger partial charge < -0.3 is 5.73 Å². The maximum Gasteiger partial charge on any atom is 0.153 e. The third-order valence-electron chi connectivity index (χ3n) is 4.17. The van der Waals surface area contributed by atoms with Crippen molar-refractivity contribution in [2.24, 2.45) is 0 Å². The fourth-order valence-electron chi connectivity index (χ4n) is 3.09. The zero-order valence-corrected chi connectivity index (χ0v) is 12.9. The zero-order chi connectivity index (χ0) is 14.4. The average Bonchev–Trinajstić information content (AvgIpc) is 2.83. The van der Waals surface area contributed by atoms with Crippen molar-refractivity contribution < 1.29 is 0 Å². The summed E-state index contributed by atoms with van der Waals surface area (Å²) in [5.74, 6) is 0.911. The second kappa shape index (κ2) is 4.74. The number of fused-ring (bicyclic) bond motifs is 1. The number of nitrogens with two attached hydrogens (primary N) is 1. The van der Waals surface area contributed by atoms with E-state index >= 15 is 0 Å². The molecule has 1 aromatic heterocycles. The van der Waals surface area contributed by atoms with Crippen molar-refractivity contribution in [3.63, 3.8) is 0 Å². The first-order chi connectivity index (χ1) is 10.3. The molecule has 0 aliphatic heterocycles. The van der Waals surface area contributed by atoms with E-state index in [1.54, 1.807) is 0 Å². The van der Waals surface area contributed by atoms with Crippen molar-refractivity contribution in [2.75, 3.05) is 5.73 Å². The lowest BCUT2D eigenvalue weighted by Crippen LogP contribution is -2.19. The van der Waals surface area contributed by atoms with Crippen LogP contribution in [0.15, 0.2) is 53.0 Å². The molecule has 4 heteroatoms. The first-order valence-electron chi connectivity index (χ1n) is 6.92. The van der Waals surface area contributed by atoms with E-state index in [0.29, 0.717) is 11.7 Å². The highest BCUT2D eigenvalue weighted by atomic mass is 79.9. The number of nitrogens with one attached hydrogen (secondary N) is 1. The smallest absolute Gasteiger partial charge is 0.153 e. The Morgan fingerprint density at radius 2 is 1.86 bits per heavy atom. The predicted octanol–water partition coefficient (Wildman–Crippen LogP) is 4.11. The lowest BCUT2D eigenvalue weighted by atomic mass is 9.74. The van der Waals surface area contributed by atoms with Crippen LogP contribution in [0, 0.1) is 0 Å². The van der Waals surface area contributed by atoms with Crippen LogP contribution < -0.4 is 5.73 Å². The summed E-state index contributed by atoms with van der Waals surface area (Å²) in [7, 11) is 0. The van der Waals surface area contributed by atoms with Gasteiger partial charge in [-0.05, 0) is 23.6 Å². The number of hydrogen-bond donors (Lipinski definition) is 2. The quantitative estimate of drug-likeness (QED) is 0.738. The Balaban J connectivity index is 1.85. The average molecular weight is 340 g/mol. The SMILES string of the molecule is Nc1n[nH]c(C2Cc3ccccc32)c1-c1ccccc1Br. The number of halogens is 1. The molecule has 0 saturated carbocycles. The van der Waals surface area contributed by atoms with Crippen molar-refractivity contribution in [3.8, 4) is 11.1 Å². The molecule has 1 aliphatic rings. The van der Waals surface area contributed by atoms with Gasteiger partial charge >= 0.3 is 0 Å². The third-order valence-corrected chi connectivity index (χ3v) is 4.86. The van der Waals surface area contributed by atoms with Crippen LogP contribution in [0.1, 0.15) is 22.7 Å². The monoisotopic (exact) mass is 339 g/mol. The largest absolute Gasteiger partial charge is 0.382 e. The van der Waals surface area contributed by atoms with Gasteiger partial charge in [0.2, 0.25) is 0 Å². The summed E-state index contributed by atoms with van der Waals surface area (Å²) in [6, 6.07) is 16.7. The number of hydrogen-bond acceptors (Lipinski definition) is 2. The molecule has 3 N–H and O–H groups in total. The van der Waals surface area contributed by atoms with Gasteiger partial charge in [0.15, 0.2) is 5.82 Å².